The maximum absolute atomic E-state index is 13.3. The highest BCUT2D eigenvalue weighted by molar-refractivity contribution is 5.24. The van der Waals surface area contributed by atoms with Gasteiger partial charge in [-0.3, -0.25) is 0 Å². The molecule has 0 spiro atoms. The molecule has 0 bridgehead atoms. The third-order valence-corrected chi connectivity index (χ3v) is 5.06. The summed E-state index contributed by atoms with van der Waals surface area (Å²) in [5.74, 6) is -1.12. The number of rotatable bonds is 1. The van der Waals surface area contributed by atoms with Crippen molar-refractivity contribution in [2.45, 2.75) is 63.1 Å². The van der Waals surface area contributed by atoms with Gasteiger partial charge >= 0.3 is 6.18 Å². The highest BCUT2D eigenvalue weighted by atomic mass is 19.4. The average molecular weight is 301 g/mol. The van der Waals surface area contributed by atoms with Crippen molar-refractivity contribution in [1.29, 1.82) is 0 Å². The molecule has 0 aliphatic heterocycles. The molecule has 1 fully saturated rings. The molecule has 0 amide bonds. The summed E-state index contributed by atoms with van der Waals surface area (Å²) >= 11 is 0. The zero-order valence-electron chi connectivity index (χ0n) is 12.3. The smallest absolute Gasteiger partial charge is 0.335 e. The van der Waals surface area contributed by atoms with Crippen molar-refractivity contribution in [3.05, 3.63) is 17.2 Å². The quantitative estimate of drug-likeness (QED) is 0.866. The van der Waals surface area contributed by atoms with Crippen molar-refractivity contribution in [3.63, 3.8) is 0 Å². The lowest BCUT2D eigenvalue weighted by molar-refractivity contribution is -0.188. The summed E-state index contributed by atoms with van der Waals surface area (Å²) in [7, 11) is 1.86. The predicted molar refractivity (Wildman–Crippen MR) is 74.0 cm³/mol. The van der Waals surface area contributed by atoms with Crippen LogP contribution in [-0.4, -0.2) is 21.8 Å². The van der Waals surface area contributed by atoms with Gasteiger partial charge in [0.2, 0.25) is 0 Å². The molecule has 21 heavy (non-hydrogen) atoms. The van der Waals surface area contributed by atoms with Gasteiger partial charge in [-0.25, -0.2) is 4.98 Å². The summed E-state index contributed by atoms with van der Waals surface area (Å²) in [5, 5.41) is 0. The normalized spacial score (nSPS) is 30.2. The zero-order chi connectivity index (χ0) is 15.2. The molecule has 1 saturated carbocycles. The molecule has 2 aliphatic rings. The van der Waals surface area contributed by atoms with Crippen LogP contribution in [0.4, 0.5) is 13.2 Å². The molecule has 6 heteroatoms. The summed E-state index contributed by atoms with van der Waals surface area (Å²) in [6.07, 6.45) is 0.596. The Labute approximate surface area is 122 Å². The van der Waals surface area contributed by atoms with E-state index in [9.17, 15) is 13.2 Å². The van der Waals surface area contributed by atoms with Gasteiger partial charge < -0.3 is 10.3 Å². The summed E-state index contributed by atoms with van der Waals surface area (Å²) in [5.41, 5.74) is 7.95. The fourth-order valence-corrected chi connectivity index (χ4v) is 3.92. The maximum atomic E-state index is 13.3. The molecule has 0 saturated heterocycles. The van der Waals surface area contributed by atoms with Gasteiger partial charge in [0.05, 0.1) is 11.6 Å². The summed E-state index contributed by atoms with van der Waals surface area (Å²) in [6, 6.07) is 0.0880. The van der Waals surface area contributed by atoms with E-state index >= 15 is 0 Å². The first-order valence-corrected chi connectivity index (χ1v) is 7.74. The van der Waals surface area contributed by atoms with Crippen LogP contribution in [0.3, 0.4) is 0 Å². The van der Waals surface area contributed by atoms with Gasteiger partial charge in [0.1, 0.15) is 5.82 Å². The fourth-order valence-electron chi connectivity index (χ4n) is 3.92. The Morgan fingerprint density at radius 1 is 1.19 bits per heavy atom. The Morgan fingerprint density at radius 3 is 2.62 bits per heavy atom. The Bertz CT molecular complexity index is 521. The van der Waals surface area contributed by atoms with Crippen LogP contribution in [-0.2, 0) is 19.9 Å². The van der Waals surface area contributed by atoms with Gasteiger partial charge in [-0.2, -0.15) is 13.2 Å². The Hall–Kier alpha value is -1.04. The first kappa shape index (κ1) is 14.9. The van der Waals surface area contributed by atoms with Crippen LogP contribution in [0.2, 0.25) is 0 Å². The summed E-state index contributed by atoms with van der Waals surface area (Å²) in [4.78, 5) is 4.57. The lowest BCUT2D eigenvalue weighted by Crippen LogP contribution is -2.33. The van der Waals surface area contributed by atoms with E-state index in [-0.39, 0.29) is 12.5 Å². The number of halogens is 3. The van der Waals surface area contributed by atoms with Crippen molar-refractivity contribution in [3.8, 4) is 0 Å². The summed E-state index contributed by atoms with van der Waals surface area (Å²) < 4.78 is 41.8. The minimum atomic E-state index is -4.13. The van der Waals surface area contributed by atoms with Crippen molar-refractivity contribution in [2.75, 3.05) is 0 Å². The Balaban J connectivity index is 1.95. The molecule has 0 aromatic carbocycles. The average Bonchev–Trinajstić information content (AvgIpc) is 2.74. The molecule has 3 nitrogen and oxygen atoms in total. The van der Waals surface area contributed by atoms with E-state index in [2.05, 4.69) is 4.98 Å². The van der Waals surface area contributed by atoms with Crippen LogP contribution in [0.25, 0.3) is 0 Å². The van der Waals surface area contributed by atoms with E-state index in [1.807, 2.05) is 11.6 Å². The van der Waals surface area contributed by atoms with E-state index in [0.717, 1.165) is 30.7 Å². The van der Waals surface area contributed by atoms with Crippen LogP contribution >= 0.6 is 0 Å². The van der Waals surface area contributed by atoms with E-state index in [0.29, 0.717) is 25.1 Å². The molecule has 3 unspecified atom stereocenters. The SMILES string of the molecule is Cn1c(C2CCCCC2C(F)(F)F)nc2c1CCC(N)C2. The number of aromatic nitrogens is 2. The van der Waals surface area contributed by atoms with Gasteiger partial charge in [-0.15, -0.1) is 0 Å². The number of nitrogens with two attached hydrogens (primary N) is 1. The lowest BCUT2D eigenvalue weighted by Gasteiger charge is -2.32. The molecule has 3 atom stereocenters. The molecule has 2 N–H and O–H groups in total. The van der Waals surface area contributed by atoms with Crippen molar-refractivity contribution < 1.29 is 13.2 Å². The largest absolute Gasteiger partial charge is 0.392 e. The van der Waals surface area contributed by atoms with E-state index in [1.165, 1.54) is 0 Å². The second kappa shape index (κ2) is 5.30. The lowest BCUT2D eigenvalue weighted by atomic mass is 9.78. The zero-order valence-corrected chi connectivity index (χ0v) is 12.3. The van der Waals surface area contributed by atoms with Crippen molar-refractivity contribution in [2.24, 2.45) is 18.7 Å². The van der Waals surface area contributed by atoms with E-state index < -0.39 is 18.0 Å². The molecule has 0 radical (unpaired) electrons. The van der Waals surface area contributed by atoms with Crippen LogP contribution in [0.5, 0.6) is 0 Å². The van der Waals surface area contributed by atoms with E-state index in [1.54, 1.807) is 0 Å². The minimum absolute atomic E-state index is 0.0880. The highest BCUT2D eigenvalue weighted by Gasteiger charge is 2.47. The molecular weight excluding hydrogens is 279 g/mol. The molecule has 1 heterocycles. The van der Waals surface area contributed by atoms with Gasteiger partial charge in [0.15, 0.2) is 0 Å². The number of imidazole rings is 1. The second-order valence-electron chi connectivity index (χ2n) is 6.46. The van der Waals surface area contributed by atoms with Gasteiger partial charge in [0, 0.05) is 31.1 Å². The second-order valence-corrected chi connectivity index (χ2v) is 6.46. The molecular formula is C15H22F3N3. The van der Waals surface area contributed by atoms with Crippen LogP contribution in [0.1, 0.15) is 55.2 Å². The minimum Gasteiger partial charge on any atom is -0.335 e. The van der Waals surface area contributed by atoms with Crippen LogP contribution < -0.4 is 5.73 Å². The third kappa shape index (κ3) is 2.70. The number of hydrogen-bond acceptors (Lipinski definition) is 2. The fraction of sp³-hybridized carbons (Fsp3) is 0.800. The number of fused-ring (bicyclic) bond motifs is 1. The Morgan fingerprint density at radius 2 is 1.90 bits per heavy atom. The molecule has 2 aliphatic carbocycles. The number of nitrogens with zero attached hydrogens (tertiary/aromatic N) is 2. The predicted octanol–water partition coefficient (Wildman–Crippen LogP) is 3.07. The molecule has 3 rings (SSSR count). The third-order valence-electron chi connectivity index (χ3n) is 5.06. The molecule has 118 valence electrons. The van der Waals surface area contributed by atoms with Gasteiger partial charge in [0.25, 0.3) is 0 Å². The maximum Gasteiger partial charge on any atom is 0.392 e. The molecule has 1 aromatic heterocycles. The standard InChI is InChI=1S/C15H22F3N3/c1-21-13-7-6-9(19)8-12(13)20-14(21)10-4-2-3-5-11(10)15(16,17)18/h9-11H,2-8,19H2,1H3. The first-order chi connectivity index (χ1) is 9.88. The monoisotopic (exact) mass is 301 g/mol. The van der Waals surface area contributed by atoms with Crippen molar-refractivity contribution >= 4 is 0 Å². The number of hydrogen-bond donors (Lipinski definition) is 1. The van der Waals surface area contributed by atoms with Crippen molar-refractivity contribution in [1.82, 2.24) is 9.55 Å². The van der Waals surface area contributed by atoms with E-state index in [4.69, 9.17) is 5.73 Å². The number of alkyl halides is 3. The highest BCUT2D eigenvalue weighted by Crippen LogP contribution is 2.46. The molecule has 1 aromatic rings. The topological polar surface area (TPSA) is 43.8 Å². The van der Waals surface area contributed by atoms with Gasteiger partial charge in [-0.05, 0) is 25.7 Å². The summed E-state index contributed by atoms with van der Waals surface area (Å²) in [6.45, 7) is 0. The Kier molecular flexibility index (Phi) is 3.76. The van der Waals surface area contributed by atoms with Crippen LogP contribution in [0.15, 0.2) is 0 Å². The van der Waals surface area contributed by atoms with Crippen LogP contribution in [0, 0.1) is 5.92 Å². The first-order valence-electron chi connectivity index (χ1n) is 7.74. The van der Waals surface area contributed by atoms with Gasteiger partial charge in [-0.1, -0.05) is 12.8 Å².